The van der Waals surface area contributed by atoms with Crippen LogP contribution in [0.1, 0.15) is 58.3 Å². The average Bonchev–Trinajstić information content (AvgIpc) is 2.49. The van der Waals surface area contributed by atoms with Gasteiger partial charge in [0.2, 0.25) is 0 Å². The molecule has 2 rings (SSSR count). The van der Waals surface area contributed by atoms with Crippen LogP contribution >= 0.6 is 0 Å². The first-order chi connectivity index (χ1) is 6.34. The fourth-order valence-electron chi connectivity index (χ4n) is 2.79. The first-order valence-corrected chi connectivity index (χ1v) is 6.10. The van der Waals surface area contributed by atoms with Gasteiger partial charge in [0.05, 0.1) is 0 Å². The van der Waals surface area contributed by atoms with Crippen LogP contribution in [-0.2, 0) is 0 Å². The summed E-state index contributed by atoms with van der Waals surface area (Å²) in [5.74, 6) is 1.06. The van der Waals surface area contributed by atoms with Crippen molar-refractivity contribution in [1.29, 1.82) is 0 Å². The van der Waals surface area contributed by atoms with Crippen molar-refractivity contribution in [1.82, 2.24) is 5.32 Å². The van der Waals surface area contributed by atoms with E-state index in [1.54, 1.807) is 0 Å². The maximum atomic E-state index is 3.78. The summed E-state index contributed by atoms with van der Waals surface area (Å²) in [6.45, 7) is 2.37. The minimum absolute atomic E-state index is 0.772. The van der Waals surface area contributed by atoms with Crippen LogP contribution in [0, 0.1) is 5.92 Å². The van der Waals surface area contributed by atoms with Crippen LogP contribution in [0.4, 0.5) is 0 Å². The van der Waals surface area contributed by atoms with Gasteiger partial charge in [-0.3, -0.25) is 0 Å². The Morgan fingerprint density at radius 3 is 2.31 bits per heavy atom. The van der Waals surface area contributed by atoms with Crippen LogP contribution in [0.2, 0.25) is 0 Å². The summed E-state index contributed by atoms with van der Waals surface area (Å²) in [4.78, 5) is 0. The highest BCUT2D eigenvalue weighted by Gasteiger charge is 2.22. The lowest BCUT2D eigenvalue weighted by atomic mass is 9.81. The Balaban J connectivity index is 1.61. The lowest BCUT2D eigenvalue weighted by molar-refractivity contribution is 0.257. The minimum atomic E-state index is 0.772. The number of rotatable bonds is 4. The molecule has 76 valence electrons. The maximum Gasteiger partial charge on any atom is 0.00695 e. The summed E-state index contributed by atoms with van der Waals surface area (Å²) in [6, 6.07) is 1.63. The first kappa shape index (κ1) is 9.51. The molecule has 0 aromatic carbocycles. The Morgan fingerprint density at radius 1 is 1.08 bits per heavy atom. The fraction of sp³-hybridized carbons (Fsp3) is 1.00. The highest BCUT2D eigenvalue weighted by atomic mass is 14.9. The van der Waals surface area contributed by atoms with Gasteiger partial charge in [-0.1, -0.05) is 32.1 Å². The van der Waals surface area contributed by atoms with Gasteiger partial charge in [0.25, 0.3) is 0 Å². The molecule has 2 fully saturated rings. The molecule has 0 spiro atoms. The molecule has 0 bridgehead atoms. The summed E-state index contributed by atoms with van der Waals surface area (Å²) < 4.78 is 0. The van der Waals surface area contributed by atoms with E-state index in [0.717, 1.165) is 18.0 Å². The normalized spacial score (nSPS) is 27.5. The monoisotopic (exact) mass is 181 g/mol. The Labute approximate surface area is 82.3 Å². The van der Waals surface area contributed by atoms with Gasteiger partial charge < -0.3 is 5.32 Å². The second-order valence-electron chi connectivity index (χ2n) is 5.08. The largest absolute Gasteiger partial charge is 0.311 e. The Bertz CT molecular complexity index is 145. The second-order valence-corrected chi connectivity index (χ2v) is 5.08. The molecule has 0 aliphatic heterocycles. The molecule has 13 heavy (non-hydrogen) atoms. The molecule has 0 aromatic heterocycles. The zero-order valence-corrected chi connectivity index (χ0v) is 8.89. The van der Waals surface area contributed by atoms with E-state index in [-0.39, 0.29) is 0 Å². The van der Waals surface area contributed by atoms with Gasteiger partial charge in [0.15, 0.2) is 0 Å². The lowest BCUT2D eigenvalue weighted by Gasteiger charge is -2.29. The van der Waals surface area contributed by atoms with Gasteiger partial charge in [0.1, 0.15) is 0 Å². The predicted molar refractivity (Wildman–Crippen MR) is 56.8 cm³/mol. The van der Waals surface area contributed by atoms with Gasteiger partial charge in [0, 0.05) is 12.1 Å². The van der Waals surface area contributed by atoms with Crippen LogP contribution in [0.3, 0.4) is 0 Å². The third-order valence-electron chi connectivity index (χ3n) is 3.79. The summed E-state index contributed by atoms with van der Waals surface area (Å²) in [5, 5.41) is 3.78. The molecule has 1 N–H and O–H groups in total. The summed E-state index contributed by atoms with van der Waals surface area (Å²) in [6.07, 6.45) is 11.7. The predicted octanol–water partition coefficient (Wildman–Crippen LogP) is 3.10. The molecular formula is C12H23N. The average molecular weight is 181 g/mol. The number of hydrogen-bond acceptors (Lipinski definition) is 1. The molecule has 1 unspecified atom stereocenters. The molecular weight excluding hydrogens is 158 g/mol. The first-order valence-electron chi connectivity index (χ1n) is 6.10. The van der Waals surface area contributed by atoms with Crippen LogP contribution in [-0.4, -0.2) is 12.1 Å². The molecule has 2 aliphatic rings. The van der Waals surface area contributed by atoms with Crippen molar-refractivity contribution in [3.8, 4) is 0 Å². The van der Waals surface area contributed by atoms with Crippen molar-refractivity contribution < 1.29 is 0 Å². The van der Waals surface area contributed by atoms with Crippen LogP contribution in [0.5, 0.6) is 0 Å². The summed E-state index contributed by atoms with van der Waals surface area (Å²) in [5.41, 5.74) is 0. The molecule has 1 nitrogen and oxygen atoms in total. The van der Waals surface area contributed by atoms with E-state index in [9.17, 15) is 0 Å². The molecule has 0 aromatic rings. The summed E-state index contributed by atoms with van der Waals surface area (Å²) in [7, 11) is 0. The molecule has 0 heterocycles. The van der Waals surface area contributed by atoms with E-state index in [1.807, 2.05) is 0 Å². The zero-order chi connectivity index (χ0) is 9.10. The smallest absolute Gasteiger partial charge is 0.00695 e. The van der Waals surface area contributed by atoms with E-state index in [4.69, 9.17) is 0 Å². The van der Waals surface area contributed by atoms with Crippen LogP contribution in [0.25, 0.3) is 0 Å². The third-order valence-corrected chi connectivity index (χ3v) is 3.79. The van der Waals surface area contributed by atoms with E-state index < -0.39 is 0 Å². The highest BCUT2D eigenvalue weighted by molar-refractivity contribution is 4.80. The Kier molecular flexibility index (Phi) is 3.26. The van der Waals surface area contributed by atoms with Crippen LogP contribution in [0.15, 0.2) is 0 Å². The molecule has 2 saturated carbocycles. The van der Waals surface area contributed by atoms with E-state index in [0.29, 0.717) is 0 Å². The van der Waals surface area contributed by atoms with Gasteiger partial charge in [-0.25, -0.2) is 0 Å². The molecule has 0 radical (unpaired) electrons. The van der Waals surface area contributed by atoms with Gasteiger partial charge in [-0.05, 0) is 32.1 Å². The lowest BCUT2D eigenvalue weighted by Crippen LogP contribution is -2.36. The van der Waals surface area contributed by atoms with Crippen molar-refractivity contribution >= 4 is 0 Å². The number of hydrogen-bond donors (Lipinski definition) is 1. The van der Waals surface area contributed by atoms with Gasteiger partial charge >= 0.3 is 0 Å². The van der Waals surface area contributed by atoms with Crippen molar-refractivity contribution in [2.75, 3.05) is 0 Å². The standard InChI is InChI=1S/C12H23N/c1-10(9-11-5-4-6-11)13-12-7-2-3-8-12/h10-13H,2-9H2,1H3. The molecule has 1 atom stereocenters. The van der Waals surface area contributed by atoms with E-state index in [1.165, 1.54) is 51.4 Å². The number of nitrogens with one attached hydrogen (secondary N) is 1. The van der Waals surface area contributed by atoms with Gasteiger partial charge in [-0.2, -0.15) is 0 Å². The molecule has 2 aliphatic carbocycles. The topological polar surface area (TPSA) is 12.0 Å². The second kappa shape index (κ2) is 4.45. The molecule has 0 saturated heterocycles. The molecule has 1 heteroatoms. The van der Waals surface area contributed by atoms with Crippen molar-refractivity contribution in [3.63, 3.8) is 0 Å². The maximum absolute atomic E-state index is 3.78. The van der Waals surface area contributed by atoms with Crippen molar-refractivity contribution in [2.45, 2.75) is 70.4 Å². The summed E-state index contributed by atoms with van der Waals surface area (Å²) >= 11 is 0. The Morgan fingerprint density at radius 2 is 1.77 bits per heavy atom. The van der Waals surface area contributed by atoms with Crippen LogP contribution < -0.4 is 5.32 Å². The third kappa shape index (κ3) is 2.70. The van der Waals surface area contributed by atoms with Gasteiger partial charge in [-0.15, -0.1) is 0 Å². The highest BCUT2D eigenvalue weighted by Crippen LogP contribution is 2.30. The van der Waals surface area contributed by atoms with Crippen molar-refractivity contribution in [2.24, 2.45) is 5.92 Å². The molecule has 0 amide bonds. The van der Waals surface area contributed by atoms with Crippen molar-refractivity contribution in [3.05, 3.63) is 0 Å². The SMILES string of the molecule is CC(CC1CCC1)NC1CCCC1. The fourth-order valence-corrected chi connectivity index (χ4v) is 2.79. The van der Waals surface area contributed by atoms with E-state index >= 15 is 0 Å². The quantitative estimate of drug-likeness (QED) is 0.702. The zero-order valence-electron chi connectivity index (χ0n) is 8.89. The Hall–Kier alpha value is -0.0400. The van der Waals surface area contributed by atoms with E-state index in [2.05, 4.69) is 12.2 Å². The minimum Gasteiger partial charge on any atom is -0.311 e.